The van der Waals surface area contributed by atoms with Crippen LogP contribution < -0.4 is 5.73 Å². The highest BCUT2D eigenvalue weighted by atomic mass is 32.2. The van der Waals surface area contributed by atoms with Crippen molar-refractivity contribution in [3.05, 3.63) is 18.2 Å². The van der Waals surface area contributed by atoms with Gasteiger partial charge in [-0.2, -0.15) is 0 Å². The average Bonchev–Trinajstić information content (AvgIpc) is 2.59. The van der Waals surface area contributed by atoms with E-state index in [1.807, 2.05) is 18.4 Å². The fourth-order valence-electron chi connectivity index (χ4n) is 1.40. The highest BCUT2D eigenvalue weighted by Gasteiger charge is 2.15. The molecule has 0 radical (unpaired) electrons. The number of nitrogens with zero attached hydrogens (tertiary/aromatic N) is 2. The Labute approximate surface area is 96.6 Å². The van der Waals surface area contributed by atoms with E-state index in [-0.39, 0.29) is 11.8 Å². The van der Waals surface area contributed by atoms with Crippen LogP contribution in [0.2, 0.25) is 0 Å². The number of hydrogen-bond acceptors (Lipinski definition) is 4. The zero-order valence-electron chi connectivity index (χ0n) is 9.92. The van der Waals surface area contributed by atoms with Gasteiger partial charge in [0.05, 0.1) is 17.8 Å². The van der Waals surface area contributed by atoms with Crippen molar-refractivity contribution >= 4 is 9.84 Å². The number of imidazole rings is 1. The van der Waals surface area contributed by atoms with E-state index in [1.54, 1.807) is 12.5 Å². The molecule has 92 valence electrons. The first-order chi connectivity index (χ1) is 7.31. The molecule has 2 N–H and O–H groups in total. The van der Waals surface area contributed by atoms with Crippen LogP contribution in [-0.2, 0) is 16.4 Å². The smallest absolute Gasteiger partial charge is 0.149 e. The number of sulfone groups is 1. The molecule has 6 heteroatoms. The molecule has 1 unspecified atom stereocenters. The summed E-state index contributed by atoms with van der Waals surface area (Å²) >= 11 is 0. The van der Waals surface area contributed by atoms with Crippen molar-refractivity contribution in [1.29, 1.82) is 0 Å². The maximum absolute atomic E-state index is 11.1. The topological polar surface area (TPSA) is 78.0 Å². The summed E-state index contributed by atoms with van der Waals surface area (Å²) in [6.45, 7) is 4.46. The molecule has 1 atom stereocenters. The number of aryl methyl sites for hydroxylation is 1. The van der Waals surface area contributed by atoms with E-state index in [4.69, 9.17) is 5.73 Å². The lowest BCUT2D eigenvalue weighted by molar-refractivity contribution is 0.481. The van der Waals surface area contributed by atoms with Crippen molar-refractivity contribution in [3.8, 4) is 0 Å². The Morgan fingerprint density at radius 1 is 1.50 bits per heavy atom. The van der Waals surface area contributed by atoms with E-state index in [0.29, 0.717) is 12.5 Å². The fraction of sp³-hybridized carbons (Fsp3) is 0.700. The van der Waals surface area contributed by atoms with Crippen LogP contribution in [0.15, 0.2) is 12.5 Å². The maximum Gasteiger partial charge on any atom is 0.149 e. The molecule has 1 aromatic rings. The van der Waals surface area contributed by atoms with Crippen molar-refractivity contribution in [2.45, 2.75) is 26.4 Å². The second-order valence-corrected chi connectivity index (χ2v) is 6.67. The van der Waals surface area contributed by atoms with Gasteiger partial charge in [-0.1, -0.05) is 13.8 Å². The minimum atomic E-state index is -2.95. The van der Waals surface area contributed by atoms with Crippen molar-refractivity contribution < 1.29 is 8.42 Å². The molecule has 0 amide bonds. The highest BCUT2D eigenvalue weighted by Crippen LogP contribution is 2.18. The third-order valence-electron chi connectivity index (χ3n) is 2.51. The molecule has 0 saturated heterocycles. The molecule has 0 fully saturated rings. The van der Waals surface area contributed by atoms with Gasteiger partial charge in [0.2, 0.25) is 0 Å². The van der Waals surface area contributed by atoms with Crippen LogP contribution in [-0.4, -0.2) is 30.0 Å². The second-order valence-electron chi connectivity index (χ2n) is 4.41. The van der Waals surface area contributed by atoms with Crippen LogP contribution >= 0.6 is 0 Å². The Kier molecular flexibility index (Phi) is 4.09. The number of nitrogens with two attached hydrogens (primary N) is 1. The molecule has 0 bridgehead atoms. The highest BCUT2D eigenvalue weighted by molar-refractivity contribution is 7.90. The lowest BCUT2D eigenvalue weighted by Gasteiger charge is -2.17. The van der Waals surface area contributed by atoms with Crippen molar-refractivity contribution in [2.75, 3.05) is 12.0 Å². The summed E-state index contributed by atoms with van der Waals surface area (Å²) in [6, 6.07) is -0.109. The summed E-state index contributed by atoms with van der Waals surface area (Å²) in [5, 5.41) is 0. The van der Waals surface area contributed by atoms with Gasteiger partial charge in [-0.25, -0.2) is 13.4 Å². The van der Waals surface area contributed by atoms with Crippen LogP contribution in [0.4, 0.5) is 0 Å². The third-order valence-corrected chi connectivity index (χ3v) is 3.43. The van der Waals surface area contributed by atoms with Crippen LogP contribution in [0.25, 0.3) is 0 Å². The van der Waals surface area contributed by atoms with Crippen LogP contribution in [0.1, 0.15) is 25.6 Å². The lowest BCUT2D eigenvalue weighted by atomic mass is 10.0. The summed E-state index contributed by atoms with van der Waals surface area (Å²) in [6.07, 6.45) is 4.56. The fourth-order valence-corrected chi connectivity index (χ4v) is 1.93. The quantitative estimate of drug-likeness (QED) is 0.823. The molecule has 0 aliphatic carbocycles. The Bertz CT molecular complexity index is 437. The van der Waals surface area contributed by atoms with Gasteiger partial charge in [-0.15, -0.1) is 0 Å². The van der Waals surface area contributed by atoms with Crippen LogP contribution in [0, 0.1) is 5.92 Å². The second kappa shape index (κ2) is 4.97. The molecule has 0 saturated carbocycles. The standard InChI is InChI=1S/C10H19N3O2S/c1-8(2)10(11)9-6-12-7-13(9)4-5-16(3,14)15/h6-8,10H,4-5,11H2,1-3H3. The molecule has 16 heavy (non-hydrogen) atoms. The summed E-state index contributed by atoms with van der Waals surface area (Å²) in [5.74, 6) is 0.412. The predicted octanol–water partition coefficient (Wildman–Crippen LogP) is 0.584. The largest absolute Gasteiger partial charge is 0.332 e. The molecule has 0 aromatic carbocycles. The van der Waals surface area contributed by atoms with E-state index in [1.165, 1.54) is 6.26 Å². The van der Waals surface area contributed by atoms with Gasteiger partial charge in [-0.3, -0.25) is 0 Å². The van der Waals surface area contributed by atoms with E-state index < -0.39 is 9.84 Å². The van der Waals surface area contributed by atoms with Gasteiger partial charge in [0, 0.05) is 25.0 Å². The van der Waals surface area contributed by atoms with Gasteiger partial charge in [0.1, 0.15) is 9.84 Å². The molecule has 0 aliphatic rings. The summed E-state index contributed by atoms with van der Waals surface area (Å²) < 4.78 is 24.0. The Morgan fingerprint density at radius 2 is 2.12 bits per heavy atom. The molecule has 0 spiro atoms. The zero-order valence-corrected chi connectivity index (χ0v) is 10.7. The zero-order chi connectivity index (χ0) is 12.3. The predicted molar refractivity (Wildman–Crippen MR) is 63.7 cm³/mol. The summed E-state index contributed by atoms with van der Waals surface area (Å²) in [4.78, 5) is 4.01. The molecule has 1 aromatic heterocycles. The normalized spacial score (nSPS) is 14.3. The van der Waals surface area contributed by atoms with Crippen molar-refractivity contribution in [1.82, 2.24) is 9.55 Å². The number of aromatic nitrogens is 2. The first-order valence-corrected chi connectivity index (χ1v) is 7.30. The van der Waals surface area contributed by atoms with E-state index in [2.05, 4.69) is 4.98 Å². The number of rotatable bonds is 5. The Hall–Kier alpha value is -0.880. The monoisotopic (exact) mass is 245 g/mol. The molecule has 1 rings (SSSR count). The molecule has 0 aliphatic heterocycles. The molecular weight excluding hydrogens is 226 g/mol. The average molecular weight is 245 g/mol. The van der Waals surface area contributed by atoms with E-state index in [0.717, 1.165) is 5.69 Å². The first kappa shape index (κ1) is 13.2. The van der Waals surface area contributed by atoms with Crippen LogP contribution in [0.3, 0.4) is 0 Å². The number of hydrogen-bond donors (Lipinski definition) is 1. The minimum absolute atomic E-state index is 0.109. The van der Waals surface area contributed by atoms with E-state index >= 15 is 0 Å². The van der Waals surface area contributed by atoms with Gasteiger partial charge >= 0.3 is 0 Å². The van der Waals surface area contributed by atoms with Gasteiger partial charge in [0.25, 0.3) is 0 Å². The maximum atomic E-state index is 11.1. The Morgan fingerprint density at radius 3 is 2.62 bits per heavy atom. The summed E-state index contributed by atoms with van der Waals surface area (Å²) in [5.41, 5.74) is 6.90. The SMILES string of the molecule is CC(C)C(N)c1cncn1CCS(C)(=O)=O. The van der Waals surface area contributed by atoms with Gasteiger partial charge in [0.15, 0.2) is 0 Å². The first-order valence-electron chi connectivity index (χ1n) is 5.24. The minimum Gasteiger partial charge on any atom is -0.332 e. The van der Waals surface area contributed by atoms with Gasteiger partial charge in [-0.05, 0) is 5.92 Å². The lowest BCUT2D eigenvalue weighted by Crippen LogP contribution is -2.22. The van der Waals surface area contributed by atoms with Crippen molar-refractivity contribution in [3.63, 3.8) is 0 Å². The molecule has 5 nitrogen and oxygen atoms in total. The molecule has 1 heterocycles. The van der Waals surface area contributed by atoms with Crippen LogP contribution in [0.5, 0.6) is 0 Å². The summed E-state index contributed by atoms with van der Waals surface area (Å²) in [7, 11) is -2.95. The molecular formula is C10H19N3O2S. The Balaban J connectivity index is 2.79. The van der Waals surface area contributed by atoms with Crippen molar-refractivity contribution in [2.24, 2.45) is 11.7 Å². The van der Waals surface area contributed by atoms with Gasteiger partial charge < -0.3 is 10.3 Å². The van der Waals surface area contributed by atoms with E-state index in [9.17, 15) is 8.42 Å². The third kappa shape index (κ3) is 3.61.